The third kappa shape index (κ3) is 3.74. The smallest absolute Gasteiger partial charge is 0.153 e. The fraction of sp³-hybridized carbons (Fsp3) is 0.190. The lowest BCUT2D eigenvalue weighted by Gasteiger charge is -2.27. The minimum atomic E-state index is 0.857. The van der Waals surface area contributed by atoms with Crippen molar-refractivity contribution in [1.29, 1.82) is 0 Å². The topological polar surface area (TPSA) is 40.9 Å². The van der Waals surface area contributed by atoms with Gasteiger partial charge in [0.15, 0.2) is 5.82 Å². The molecule has 1 aromatic rings. The highest BCUT2D eigenvalue weighted by atomic mass is 15.5. The lowest BCUT2D eigenvalue weighted by Crippen LogP contribution is -2.21. The predicted octanol–water partition coefficient (Wildman–Crippen LogP) is 4.88. The Morgan fingerprint density at radius 1 is 1.24 bits per heavy atom. The van der Waals surface area contributed by atoms with Gasteiger partial charge in [0.05, 0.1) is 11.4 Å². The average molecular weight is 330 g/mol. The van der Waals surface area contributed by atoms with Crippen LogP contribution in [-0.2, 0) is 0 Å². The maximum atomic E-state index is 4.84. The number of aromatic nitrogens is 1. The van der Waals surface area contributed by atoms with Crippen molar-refractivity contribution in [3.8, 4) is 0 Å². The molecule has 0 N–H and O–H groups in total. The monoisotopic (exact) mass is 330 g/mol. The Morgan fingerprint density at radius 2 is 2.04 bits per heavy atom. The molecule has 3 heterocycles. The van der Waals surface area contributed by atoms with Crippen molar-refractivity contribution in [2.45, 2.75) is 26.7 Å². The third-order valence-corrected chi connectivity index (χ3v) is 4.06. The van der Waals surface area contributed by atoms with Crippen LogP contribution in [0.2, 0.25) is 0 Å². The highest BCUT2D eigenvalue weighted by Gasteiger charge is 2.24. The van der Waals surface area contributed by atoms with Crippen LogP contribution >= 0.6 is 0 Å². The summed E-state index contributed by atoms with van der Waals surface area (Å²) < 4.78 is 0. The molecular weight excluding hydrogens is 308 g/mol. The van der Waals surface area contributed by atoms with E-state index in [2.05, 4.69) is 23.6 Å². The first kappa shape index (κ1) is 16.8. The zero-order chi connectivity index (χ0) is 17.6. The number of fused-ring (bicyclic) bond motifs is 1. The van der Waals surface area contributed by atoms with E-state index in [1.54, 1.807) is 12.4 Å². The molecule has 126 valence electrons. The van der Waals surface area contributed by atoms with Crippen LogP contribution in [0.3, 0.4) is 0 Å². The summed E-state index contributed by atoms with van der Waals surface area (Å²) in [5.74, 6) is 0.888. The zero-order valence-electron chi connectivity index (χ0n) is 14.7. The first-order valence-electron chi connectivity index (χ1n) is 8.42. The van der Waals surface area contributed by atoms with Crippen molar-refractivity contribution in [2.75, 3.05) is 0 Å². The molecule has 0 bridgehead atoms. The fourth-order valence-corrected chi connectivity index (χ4v) is 2.68. The van der Waals surface area contributed by atoms with Crippen LogP contribution in [0.4, 0.5) is 0 Å². The number of hydrazone groups is 1. The van der Waals surface area contributed by atoms with Gasteiger partial charge in [-0.25, -0.2) is 10.0 Å². The first-order chi connectivity index (χ1) is 12.2. The molecule has 0 unspecified atom stereocenters. The van der Waals surface area contributed by atoms with Crippen LogP contribution in [0.15, 0.2) is 88.5 Å². The SMILES string of the molecule is C=C(/C=C\C=C/C)C1=NC2=C(C)CCC=NN2C(c2ccncc2)=C1. The Kier molecular flexibility index (Phi) is 5.19. The van der Waals surface area contributed by atoms with Gasteiger partial charge in [-0.15, -0.1) is 0 Å². The maximum absolute atomic E-state index is 4.84. The van der Waals surface area contributed by atoms with Gasteiger partial charge >= 0.3 is 0 Å². The van der Waals surface area contributed by atoms with E-state index in [9.17, 15) is 0 Å². The van der Waals surface area contributed by atoms with Gasteiger partial charge in [-0.05, 0) is 56.0 Å². The molecule has 0 saturated heterocycles. The third-order valence-electron chi connectivity index (χ3n) is 4.06. The van der Waals surface area contributed by atoms with Crippen molar-refractivity contribution in [3.63, 3.8) is 0 Å². The molecule has 0 atom stereocenters. The summed E-state index contributed by atoms with van der Waals surface area (Å²) in [4.78, 5) is 8.96. The number of hydrogen-bond acceptors (Lipinski definition) is 4. The van der Waals surface area contributed by atoms with E-state index >= 15 is 0 Å². The van der Waals surface area contributed by atoms with Crippen molar-refractivity contribution < 1.29 is 0 Å². The fourth-order valence-electron chi connectivity index (χ4n) is 2.68. The first-order valence-corrected chi connectivity index (χ1v) is 8.42. The summed E-state index contributed by atoms with van der Waals surface area (Å²) in [6.45, 7) is 8.28. The highest BCUT2D eigenvalue weighted by Crippen LogP contribution is 2.33. The summed E-state index contributed by atoms with van der Waals surface area (Å²) in [7, 11) is 0. The van der Waals surface area contributed by atoms with Crippen LogP contribution in [0, 0.1) is 0 Å². The van der Waals surface area contributed by atoms with Crippen molar-refractivity contribution in [2.24, 2.45) is 10.1 Å². The van der Waals surface area contributed by atoms with Gasteiger partial charge < -0.3 is 0 Å². The average Bonchev–Trinajstić information content (AvgIpc) is 2.83. The molecule has 4 nitrogen and oxygen atoms in total. The summed E-state index contributed by atoms with van der Waals surface area (Å²) in [5, 5.41) is 6.54. The van der Waals surface area contributed by atoms with Gasteiger partial charge in [0.25, 0.3) is 0 Å². The number of nitrogens with zero attached hydrogens (tertiary/aromatic N) is 4. The van der Waals surface area contributed by atoms with Gasteiger partial charge in [-0.3, -0.25) is 4.98 Å². The van der Waals surface area contributed by atoms with E-state index in [4.69, 9.17) is 4.99 Å². The predicted molar refractivity (Wildman–Crippen MR) is 105 cm³/mol. The summed E-state index contributed by atoms with van der Waals surface area (Å²) in [6, 6.07) is 3.97. The van der Waals surface area contributed by atoms with Crippen molar-refractivity contribution in [1.82, 2.24) is 9.99 Å². The lowest BCUT2D eigenvalue weighted by atomic mass is 10.0. The molecule has 1 aromatic heterocycles. The summed E-state index contributed by atoms with van der Waals surface area (Å²) >= 11 is 0. The van der Waals surface area contributed by atoms with E-state index in [0.717, 1.165) is 41.2 Å². The Balaban J connectivity index is 2.09. The number of allylic oxidation sites excluding steroid dienone is 7. The van der Waals surface area contributed by atoms with Crippen molar-refractivity contribution >= 4 is 17.6 Å². The van der Waals surface area contributed by atoms with E-state index < -0.39 is 0 Å². The molecule has 0 amide bonds. The normalized spacial score (nSPS) is 17.6. The minimum Gasteiger partial charge on any atom is -0.265 e. The molecule has 0 aliphatic carbocycles. The molecule has 0 aromatic carbocycles. The Bertz CT molecular complexity index is 836. The van der Waals surface area contributed by atoms with Crippen LogP contribution in [-0.4, -0.2) is 21.9 Å². The quantitative estimate of drug-likeness (QED) is 0.738. The van der Waals surface area contributed by atoms with Gasteiger partial charge in [-0.1, -0.05) is 30.9 Å². The molecule has 2 aliphatic rings. The molecule has 25 heavy (non-hydrogen) atoms. The lowest BCUT2D eigenvalue weighted by molar-refractivity contribution is 0.511. The van der Waals surface area contributed by atoms with E-state index in [1.165, 1.54) is 5.57 Å². The molecule has 0 saturated carbocycles. The van der Waals surface area contributed by atoms with E-state index in [-0.39, 0.29) is 0 Å². The zero-order valence-corrected chi connectivity index (χ0v) is 14.7. The Labute approximate surface area is 149 Å². The standard InChI is InChI=1S/C21H22N4/c1-4-5-6-8-16(2)19-15-20(18-10-13-22-14-11-18)25-21(24-19)17(3)9-7-12-23-25/h4-6,8,10-15H,2,7,9H2,1,3H3/b5-4-,8-6-. The van der Waals surface area contributed by atoms with Crippen LogP contribution in [0.5, 0.6) is 0 Å². The number of aliphatic imine (C=N–C) groups is 1. The van der Waals surface area contributed by atoms with Crippen LogP contribution in [0.25, 0.3) is 5.70 Å². The molecule has 0 radical (unpaired) electrons. The molecule has 4 heteroatoms. The second kappa shape index (κ2) is 7.71. The van der Waals surface area contributed by atoms with Gasteiger partial charge in [0.2, 0.25) is 0 Å². The van der Waals surface area contributed by atoms with Crippen molar-refractivity contribution in [3.05, 3.63) is 84.0 Å². The van der Waals surface area contributed by atoms with E-state index in [0.29, 0.717) is 0 Å². The second-order valence-corrected chi connectivity index (χ2v) is 5.93. The van der Waals surface area contributed by atoms with Gasteiger partial charge in [-0.2, -0.15) is 5.10 Å². The molecule has 3 rings (SSSR count). The summed E-state index contributed by atoms with van der Waals surface area (Å²) in [5.41, 5.74) is 4.99. The Morgan fingerprint density at radius 3 is 2.80 bits per heavy atom. The molecular formula is C21H22N4. The Hall–Kier alpha value is -3.01. The van der Waals surface area contributed by atoms with Crippen LogP contribution < -0.4 is 0 Å². The largest absolute Gasteiger partial charge is 0.265 e. The molecule has 2 aliphatic heterocycles. The molecule has 0 fully saturated rings. The highest BCUT2D eigenvalue weighted by molar-refractivity contribution is 6.14. The number of pyridine rings is 1. The summed E-state index contributed by atoms with van der Waals surface area (Å²) in [6.07, 6.45) is 17.4. The number of hydrogen-bond donors (Lipinski definition) is 0. The van der Waals surface area contributed by atoms with Gasteiger partial charge in [0, 0.05) is 24.2 Å². The molecule has 0 spiro atoms. The minimum absolute atomic E-state index is 0.857. The maximum Gasteiger partial charge on any atom is 0.153 e. The second-order valence-electron chi connectivity index (χ2n) is 5.93. The number of rotatable bonds is 4. The van der Waals surface area contributed by atoms with Gasteiger partial charge in [0.1, 0.15) is 0 Å². The van der Waals surface area contributed by atoms with E-state index in [1.807, 2.05) is 60.7 Å². The van der Waals surface area contributed by atoms with Crippen LogP contribution in [0.1, 0.15) is 32.3 Å².